The second-order valence-electron chi connectivity index (χ2n) is 8.94. The highest BCUT2D eigenvalue weighted by molar-refractivity contribution is 5.84. The number of allylic oxidation sites excluding steroid dienone is 2. The van der Waals surface area contributed by atoms with E-state index in [1.807, 2.05) is 37.3 Å². The van der Waals surface area contributed by atoms with Crippen LogP contribution in [0.3, 0.4) is 0 Å². The maximum absolute atomic E-state index is 15.2. The van der Waals surface area contributed by atoms with Gasteiger partial charge in [-0.3, -0.25) is 0 Å². The molecule has 3 heteroatoms. The Hall–Kier alpha value is -3.77. The van der Waals surface area contributed by atoms with Crippen molar-refractivity contribution in [2.45, 2.75) is 45.4 Å². The van der Waals surface area contributed by atoms with Crippen LogP contribution in [0, 0.1) is 23.0 Å². The van der Waals surface area contributed by atoms with Gasteiger partial charge in [0.2, 0.25) is 0 Å². The van der Waals surface area contributed by atoms with Gasteiger partial charge in [0.25, 0.3) is 0 Å². The molecule has 4 aromatic carbocycles. The maximum atomic E-state index is 15.2. The Kier molecular flexibility index (Phi) is 8.06. The molecule has 4 rings (SSSR count). The van der Waals surface area contributed by atoms with Crippen LogP contribution in [0.15, 0.2) is 84.9 Å². The summed E-state index contributed by atoms with van der Waals surface area (Å²) >= 11 is 0. The van der Waals surface area contributed by atoms with Gasteiger partial charge in [0, 0.05) is 5.39 Å². The highest BCUT2D eigenvalue weighted by Gasteiger charge is 2.10. The van der Waals surface area contributed by atoms with Crippen LogP contribution in [0.2, 0.25) is 0 Å². The van der Waals surface area contributed by atoms with E-state index < -0.39 is 5.82 Å². The van der Waals surface area contributed by atoms with Gasteiger partial charge >= 0.3 is 0 Å². The third-order valence-electron chi connectivity index (χ3n) is 6.50. The molecule has 0 saturated carbocycles. The number of hydrogen-bond donors (Lipinski definition) is 0. The molecule has 0 bridgehead atoms. The Balaban J connectivity index is 1.39. The number of benzene rings is 4. The molecule has 0 radical (unpaired) electrons. The zero-order valence-electron chi connectivity index (χ0n) is 20.0. The molecule has 0 aliphatic heterocycles. The van der Waals surface area contributed by atoms with Gasteiger partial charge in [-0.25, -0.2) is 8.78 Å². The summed E-state index contributed by atoms with van der Waals surface area (Å²) in [6.07, 6.45) is 9.24. The van der Waals surface area contributed by atoms with Crippen molar-refractivity contribution in [3.63, 3.8) is 0 Å². The molecule has 0 atom stereocenters. The van der Waals surface area contributed by atoms with E-state index in [-0.39, 0.29) is 11.4 Å². The quantitative estimate of drug-likeness (QED) is 0.229. The van der Waals surface area contributed by atoms with Crippen molar-refractivity contribution in [3.8, 4) is 6.07 Å². The number of fused-ring (bicyclic) bond motifs is 1. The van der Waals surface area contributed by atoms with E-state index in [1.165, 1.54) is 28.8 Å². The van der Waals surface area contributed by atoms with E-state index in [2.05, 4.69) is 42.5 Å². The summed E-state index contributed by atoms with van der Waals surface area (Å²) in [6, 6.07) is 25.0. The van der Waals surface area contributed by atoms with Crippen molar-refractivity contribution in [2.75, 3.05) is 0 Å². The molecule has 0 amide bonds. The van der Waals surface area contributed by atoms with Crippen molar-refractivity contribution in [2.24, 2.45) is 0 Å². The first-order chi connectivity index (χ1) is 17.1. The summed E-state index contributed by atoms with van der Waals surface area (Å²) in [5, 5.41) is 10.4. The Labute approximate surface area is 206 Å². The van der Waals surface area contributed by atoms with Gasteiger partial charge in [-0.15, -0.1) is 0 Å². The standard InChI is InChI=1S/C32H29F2N/c1-2-3-4-5-23-6-8-24(9-7-23)10-11-25-14-19-30-28(20-25)18-17-27(32(30)34)15-12-26-13-16-29(22-35)31(33)21-26/h2-3,6-9,13-14,16-21H,4-5,10-12,15H2,1H3/b3-2+. The highest BCUT2D eigenvalue weighted by atomic mass is 19.1. The largest absolute Gasteiger partial charge is 0.206 e. The second kappa shape index (κ2) is 11.6. The number of hydrogen-bond acceptors (Lipinski definition) is 1. The van der Waals surface area contributed by atoms with Crippen LogP contribution in [-0.2, 0) is 32.1 Å². The summed E-state index contributed by atoms with van der Waals surface area (Å²) in [6.45, 7) is 2.05. The summed E-state index contributed by atoms with van der Waals surface area (Å²) in [5.74, 6) is -0.742. The monoisotopic (exact) mass is 465 g/mol. The van der Waals surface area contributed by atoms with Crippen LogP contribution in [0.4, 0.5) is 8.78 Å². The van der Waals surface area contributed by atoms with E-state index in [1.54, 1.807) is 6.07 Å². The molecule has 0 saturated heterocycles. The number of nitriles is 1. The first-order valence-electron chi connectivity index (χ1n) is 12.1. The van der Waals surface area contributed by atoms with Crippen LogP contribution < -0.4 is 0 Å². The molecule has 0 aliphatic carbocycles. The average molecular weight is 466 g/mol. The zero-order valence-corrected chi connectivity index (χ0v) is 20.0. The number of rotatable bonds is 9. The summed E-state index contributed by atoms with van der Waals surface area (Å²) in [5.41, 5.74) is 5.24. The van der Waals surface area contributed by atoms with Gasteiger partial charge in [-0.05, 0) is 90.8 Å². The van der Waals surface area contributed by atoms with Crippen molar-refractivity contribution < 1.29 is 8.78 Å². The van der Waals surface area contributed by atoms with E-state index in [0.29, 0.717) is 23.8 Å². The first kappa shape index (κ1) is 24.4. The zero-order chi connectivity index (χ0) is 24.6. The van der Waals surface area contributed by atoms with Crippen LogP contribution in [-0.4, -0.2) is 0 Å². The number of halogens is 2. The van der Waals surface area contributed by atoms with Crippen molar-refractivity contribution in [1.82, 2.24) is 0 Å². The Morgan fingerprint density at radius 2 is 1.34 bits per heavy atom. The van der Waals surface area contributed by atoms with Crippen LogP contribution in [0.5, 0.6) is 0 Å². The van der Waals surface area contributed by atoms with E-state index in [9.17, 15) is 4.39 Å². The molecule has 1 nitrogen and oxygen atoms in total. The van der Waals surface area contributed by atoms with E-state index >= 15 is 4.39 Å². The Morgan fingerprint density at radius 1 is 0.714 bits per heavy atom. The minimum Gasteiger partial charge on any atom is -0.206 e. The van der Waals surface area contributed by atoms with Crippen molar-refractivity contribution >= 4 is 10.8 Å². The smallest absolute Gasteiger partial charge is 0.141 e. The molecule has 0 aromatic heterocycles. The van der Waals surface area contributed by atoms with E-state index in [4.69, 9.17) is 5.26 Å². The molecule has 0 heterocycles. The van der Waals surface area contributed by atoms with Crippen molar-refractivity contribution in [3.05, 3.63) is 130 Å². The molecule has 4 aromatic rings. The molecular weight excluding hydrogens is 436 g/mol. The SMILES string of the molecule is C/C=C/CCc1ccc(CCc2ccc3c(F)c(CCc4ccc(C#N)c(F)c4)ccc3c2)cc1. The topological polar surface area (TPSA) is 23.8 Å². The summed E-state index contributed by atoms with van der Waals surface area (Å²) < 4.78 is 29.0. The predicted molar refractivity (Wildman–Crippen MR) is 139 cm³/mol. The molecule has 0 fully saturated rings. The molecule has 35 heavy (non-hydrogen) atoms. The fraction of sp³-hybridized carbons (Fsp3) is 0.219. The molecule has 0 spiro atoms. The van der Waals surface area contributed by atoms with Gasteiger partial charge in [0.1, 0.15) is 17.7 Å². The molecule has 0 aliphatic rings. The fourth-order valence-electron chi connectivity index (χ4n) is 4.40. The van der Waals surface area contributed by atoms with Gasteiger partial charge in [-0.1, -0.05) is 72.8 Å². The lowest BCUT2D eigenvalue weighted by molar-refractivity contribution is 0.616. The van der Waals surface area contributed by atoms with Gasteiger partial charge in [0.15, 0.2) is 0 Å². The number of nitrogens with zero attached hydrogens (tertiary/aromatic N) is 1. The normalized spacial score (nSPS) is 11.3. The van der Waals surface area contributed by atoms with Crippen molar-refractivity contribution in [1.29, 1.82) is 5.26 Å². The minimum atomic E-state index is -0.531. The number of aryl methyl sites for hydroxylation is 5. The lowest BCUT2D eigenvalue weighted by Crippen LogP contribution is -1.98. The molecule has 0 N–H and O–H groups in total. The van der Waals surface area contributed by atoms with Crippen LogP contribution in [0.1, 0.15) is 46.7 Å². The van der Waals surface area contributed by atoms with Gasteiger partial charge in [0.05, 0.1) is 5.56 Å². The van der Waals surface area contributed by atoms with Crippen LogP contribution >= 0.6 is 0 Å². The predicted octanol–water partition coefficient (Wildman–Crippen LogP) is 8.07. The molecular formula is C32H29F2N. The summed E-state index contributed by atoms with van der Waals surface area (Å²) in [7, 11) is 0. The van der Waals surface area contributed by atoms with Crippen LogP contribution in [0.25, 0.3) is 10.8 Å². The maximum Gasteiger partial charge on any atom is 0.141 e. The van der Waals surface area contributed by atoms with Gasteiger partial charge in [-0.2, -0.15) is 5.26 Å². The minimum absolute atomic E-state index is 0.0264. The van der Waals surface area contributed by atoms with E-state index in [0.717, 1.165) is 36.6 Å². The Bertz CT molecular complexity index is 1380. The third kappa shape index (κ3) is 6.22. The van der Waals surface area contributed by atoms with Gasteiger partial charge < -0.3 is 0 Å². The first-order valence-corrected chi connectivity index (χ1v) is 12.1. The second-order valence-corrected chi connectivity index (χ2v) is 8.94. The lowest BCUT2D eigenvalue weighted by atomic mass is 9.97. The molecule has 0 unspecified atom stereocenters. The third-order valence-corrected chi connectivity index (χ3v) is 6.50. The summed E-state index contributed by atoms with van der Waals surface area (Å²) in [4.78, 5) is 0. The average Bonchev–Trinajstić information content (AvgIpc) is 2.88. The Morgan fingerprint density at radius 3 is 2.06 bits per heavy atom. The molecule has 176 valence electrons. The lowest BCUT2D eigenvalue weighted by Gasteiger charge is -2.10. The highest BCUT2D eigenvalue weighted by Crippen LogP contribution is 2.25. The fourth-order valence-corrected chi connectivity index (χ4v) is 4.40.